The predicted octanol–water partition coefficient (Wildman–Crippen LogP) is 4.22. The number of benzene rings is 3. The second-order valence-corrected chi connectivity index (χ2v) is 8.13. The van der Waals surface area contributed by atoms with Crippen LogP contribution in [0, 0.1) is 11.3 Å². The number of hydrogen-bond donors (Lipinski definition) is 0. The van der Waals surface area contributed by atoms with Crippen molar-refractivity contribution in [1.29, 1.82) is 0 Å². The van der Waals surface area contributed by atoms with Crippen LogP contribution >= 0.6 is 0 Å². The maximum Gasteiger partial charge on any atom is 0.238 e. The number of carbonyl (C=O) groups is 2. The van der Waals surface area contributed by atoms with E-state index in [1.165, 1.54) is 0 Å². The number of carbonyl (C=O) groups excluding carboxylic acids is 2. The molecule has 0 radical (unpaired) electrons. The van der Waals surface area contributed by atoms with Gasteiger partial charge in [0.1, 0.15) is 11.2 Å². The standard InChI is InChI=1S/C26H23NO2/c1-19(28)25-23(18-27(24(25)29)17-20-11-5-2-6-12-20)26(25,21-13-7-3-8-14-21)22-15-9-4-10-16-22/h2-16,23H,17-18H2,1H3. The van der Waals surface area contributed by atoms with Gasteiger partial charge in [0.2, 0.25) is 5.91 Å². The summed E-state index contributed by atoms with van der Waals surface area (Å²) < 4.78 is 0. The number of Topliss-reactive ketones (excluding diaryl/α,β-unsaturated/α-hetero) is 1. The molecular formula is C26H23NO2. The first-order valence-electron chi connectivity index (χ1n) is 10.1. The first kappa shape index (κ1) is 17.9. The van der Waals surface area contributed by atoms with E-state index in [1.807, 2.05) is 71.6 Å². The van der Waals surface area contributed by atoms with Crippen molar-refractivity contribution in [2.45, 2.75) is 18.9 Å². The molecule has 1 saturated carbocycles. The van der Waals surface area contributed by atoms with Crippen molar-refractivity contribution in [3.63, 3.8) is 0 Å². The highest BCUT2D eigenvalue weighted by atomic mass is 16.2. The molecule has 2 fully saturated rings. The Kier molecular flexibility index (Phi) is 3.95. The maximum atomic E-state index is 13.8. The van der Waals surface area contributed by atoms with Crippen LogP contribution in [0.15, 0.2) is 91.0 Å². The van der Waals surface area contributed by atoms with Gasteiger partial charge in [0.15, 0.2) is 0 Å². The fourth-order valence-corrected chi connectivity index (χ4v) is 5.74. The highest BCUT2D eigenvalue weighted by Crippen LogP contribution is 2.76. The van der Waals surface area contributed by atoms with Gasteiger partial charge >= 0.3 is 0 Å². The molecule has 144 valence electrons. The normalized spacial score (nSPS) is 24.2. The topological polar surface area (TPSA) is 37.4 Å². The largest absolute Gasteiger partial charge is 0.337 e. The summed E-state index contributed by atoms with van der Waals surface area (Å²) in [4.78, 5) is 28.8. The summed E-state index contributed by atoms with van der Waals surface area (Å²) in [5.74, 6) is -0.115. The van der Waals surface area contributed by atoms with E-state index in [4.69, 9.17) is 0 Å². The molecule has 1 amide bonds. The molecule has 0 bridgehead atoms. The van der Waals surface area contributed by atoms with Crippen molar-refractivity contribution in [1.82, 2.24) is 4.90 Å². The Hall–Kier alpha value is -3.20. The third-order valence-electron chi connectivity index (χ3n) is 6.84. The molecule has 1 aliphatic heterocycles. The zero-order valence-corrected chi connectivity index (χ0v) is 16.4. The number of amides is 1. The van der Waals surface area contributed by atoms with Gasteiger partial charge in [-0.25, -0.2) is 0 Å². The van der Waals surface area contributed by atoms with E-state index in [2.05, 4.69) is 24.3 Å². The average molecular weight is 381 g/mol. The molecule has 0 N–H and O–H groups in total. The van der Waals surface area contributed by atoms with Gasteiger partial charge < -0.3 is 4.90 Å². The minimum Gasteiger partial charge on any atom is -0.337 e. The fourth-order valence-electron chi connectivity index (χ4n) is 5.74. The molecular weight excluding hydrogens is 358 g/mol. The van der Waals surface area contributed by atoms with Crippen molar-refractivity contribution in [2.75, 3.05) is 6.54 Å². The number of likely N-dealkylation sites (tertiary alicyclic amines) is 1. The summed E-state index contributed by atoms with van der Waals surface area (Å²) in [6, 6.07) is 30.2. The molecule has 29 heavy (non-hydrogen) atoms. The summed E-state index contributed by atoms with van der Waals surface area (Å²) in [5, 5.41) is 0. The van der Waals surface area contributed by atoms with Crippen LogP contribution in [0.5, 0.6) is 0 Å². The second kappa shape index (κ2) is 6.41. The Morgan fingerprint density at radius 2 is 1.34 bits per heavy atom. The minimum absolute atomic E-state index is 0.0317. The van der Waals surface area contributed by atoms with Gasteiger partial charge in [-0.05, 0) is 23.6 Å². The lowest BCUT2D eigenvalue weighted by molar-refractivity contribution is -0.140. The van der Waals surface area contributed by atoms with Crippen molar-refractivity contribution in [3.05, 3.63) is 108 Å². The lowest BCUT2D eigenvalue weighted by Crippen LogP contribution is -2.42. The molecule has 2 atom stereocenters. The number of hydrogen-bond acceptors (Lipinski definition) is 2. The Bertz CT molecular complexity index is 1020. The van der Waals surface area contributed by atoms with E-state index in [9.17, 15) is 9.59 Å². The molecule has 3 aromatic carbocycles. The highest BCUT2D eigenvalue weighted by Gasteiger charge is 2.87. The van der Waals surface area contributed by atoms with Crippen LogP contribution in [-0.2, 0) is 21.5 Å². The van der Waals surface area contributed by atoms with E-state index in [1.54, 1.807) is 6.92 Å². The van der Waals surface area contributed by atoms with Gasteiger partial charge in [-0.1, -0.05) is 91.0 Å². The molecule has 0 aromatic heterocycles. The van der Waals surface area contributed by atoms with Crippen LogP contribution in [0.4, 0.5) is 0 Å². The Morgan fingerprint density at radius 1 is 0.862 bits per heavy atom. The van der Waals surface area contributed by atoms with Gasteiger partial charge in [-0.3, -0.25) is 9.59 Å². The number of fused-ring (bicyclic) bond motifs is 1. The highest BCUT2D eigenvalue weighted by molar-refractivity contribution is 6.14. The minimum atomic E-state index is -1.01. The molecule has 1 heterocycles. The molecule has 3 nitrogen and oxygen atoms in total. The zero-order chi connectivity index (χ0) is 20.1. The first-order chi connectivity index (χ1) is 14.1. The van der Waals surface area contributed by atoms with E-state index in [-0.39, 0.29) is 17.6 Å². The van der Waals surface area contributed by atoms with E-state index >= 15 is 0 Å². The smallest absolute Gasteiger partial charge is 0.238 e. The SMILES string of the molecule is CC(=O)C12C(=O)N(Cc3ccccc3)CC1C2(c1ccccc1)c1ccccc1. The van der Waals surface area contributed by atoms with Gasteiger partial charge in [-0.2, -0.15) is 0 Å². The molecule has 1 aliphatic carbocycles. The second-order valence-electron chi connectivity index (χ2n) is 8.13. The summed E-state index contributed by atoms with van der Waals surface area (Å²) in [5.41, 5.74) is 1.61. The lowest BCUT2D eigenvalue weighted by atomic mass is 9.77. The van der Waals surface area contributed by atoms with E-state index in [0.717, 1.165) is 16.7 Å². The number of ketones is 1. The Morgan fingerprint density at radius 3 is 1.79 bits per heavy atom. The van der Waals surface area contributed by atoms with Crippen LogP contribution < -0.4 is 0 Å². The number of nitrogens with zero attached hydrogens (tertiary/aromatic N) is 1. The van der Waals surface area contributed by atoms with Crippen LogP contribution in [0.25, 0.3) is 0 Å². The Balaban J connectivity index is 1.62. The van der Waals surface area contributed by atoms with E-state index < -0.39 is 10.8 Å². The molecule has 2 aliphatic rings. The average Bonchev–Trinajstić information content (AvgIpc) is 3.28. The molecule has 0 spiro atoms. The molecule has 3 aromatic rings. The monoisotopic (exact) mass is 381 g/mol. The van der Waals surface area contributed by atoms with Crippen LogP contribution in [0.1, 0.15) is 23.6 Å². The maximum absolute atomic E-state index is 13.8. The summed E-state index contributed by atoms with van der Waals surface area (Å²) in [6.07, 6.45) is 0. The first-order valence-corrected chi connectivity index (χ1v) is 10.1. The Labute approximate surface area is 171 Å². The fraction of sp³-hybridized carbons (Fsp3) is 0.231. The predicted molar refractivity (Wildman–Crippen MR) is 112 cm³/mol. The summed E-state index contributed by atoms with van der Waals surface area (Å²) in [7, 11) is 0. The van der Waals surface area contributed by atoms with Crippen LogP contribution in [0.2, 0.25) is 0 Å². The molecule has 1 saturated heterocycles. The van der Waals surface area contributed by atoms with Crippen LogP contribution in [0.3, 0.4) is 0 Å². The molecule has 2 unspecified atom stereocenters. The number of rotatable bonds is 5. The summed E-state index contributed by atoms with van der Waals surface area (Å²) >= 11 is 0. The van der Waals surface area contributed by atoms with Crippen molar-refractivity contribution in [2.24, 2.45) is 11.3 Å². The van der Waals surface area contributed by atoms with Gasteiger partial charge in [0, 0.05) is 24.4 Å². The van der Waals surface area contributed by atoms with Gasteiger partial charge in [0.05, 0.1) is 0 Å². The molecule has 5 rings (SSSR count). The van der Waals surface area contributed by atoms with E-state index in [0.29, 0.717) is 13.1 Å². The third kappa shape index (κ3) is 2.24. The quantitative estimate of drug-likeness (QED) is 0.621. The molecule has 3 heteroatoms. The zero-order valence-electron chi connectivity index (χ0n) is 16.4. The number of piperidine rings is 1. The van der Waals surface area contributed by atoms with Crippen molar-refractivity contribution in [3.8, 4) is 0 Å². The van der Waals surface area contributed by atoms with Crippen molar-refractivity contribution < 1.29 is 9.59 Å². The van der Waals surface area contributed by atoms with Crippen molar-refractivity contribution >= 4 is 11.7 Å². The lowest BCUT2D eigenvalue weighted by Gasteiger charge is -2.31. The third-order valence-corrected chi connectivity index (χ3v) is 6.84. The summed E-state index contributed by atoms with van der Waals surface area (Å²) in [6.45, 7) is 2.73. The van der Waals surface area contributed by atoms with Gasteiger partial charge in [-0.15, -0.1) is 0 Å². The van der Waals surface area contributed by atoms with Gasteiger partial charge in [0.25, 0.3) is 0 Å². The van der Waals surface area contributed by atoms with Crippen LogP contribution in [-0.4, -0.2) is 23.1 Å².